The minimum atomic E-state index is -0.372. The minimum Gasteiger partial charge on any atom is -0.396 e. The summed E-state index contributed by atoms with van der Waals surface area (Å²) >= 11 is 0. The Balaban J connectivity index is 2.16. The fourth-order valence-corrected chi connectivity index (χ4v) is 1.46. The second kappa shape index (κ2) is 4.93. The van der Waals surface area contributed by atoms with Crippen LogP contribution in [0.3, 0.4) is 0 Å². The lowest BCUT2D eigenvalue weighted by Crippen LogP contribution is -2.36. The van der Waals surface area contributed by atoms with Crippen LogP contribution >= 0.6 is 0 Å². The van der Waals surface area contributed by atoms with Crippen molar-refractivity contribution in [3.8, 4) is 0 Å². The lowest BCUT2D eigenvalue weighted by atomic mass is 9.95. The van der Waals surface area contributed by atoms with Crippen molar-refractivity contribution in [1.82, 2.24) is 24.9 Å². The molecule has 7 heteroatoms. The quantitative estimate of drug-likeness (QED) is 0.821. The molecule has 19 heavy (non-hydrogen) atoms. The molecule has 7 nitrogen and oxygen atoms in total. The van der Waals surface area contributed by atoms with Crippen molar-refractivity contribution in [1.29, 1.82) is 0 Å². The van der Waals surface area contributed by atoms with Gasteiger partial charge in [0.15, 0.2) is 0 Å². The molecule has 2 aromatic rings. The molecule has 0 aliphatic carbocycles. The number of amides is 1. The largest absolute Gasteiger partial charge is 0.396 e. The van der Waals surface area contributed by atoms with E-state index in [4.69, 9.17) is 5.11 Å². The Kier molecular flexibility index (Phi) is 3.48. The summed E-state index contributed by atoms with van der Waals surface area (Å²) < 4.78 is 1.52. The molecule has 1 amide bonds. The van der Waals surface area contributed by atoms with Crippen LogP contribution in [-0.4, -0.2) is 43.7 Å². The second-order valence-corrected chi connectivity index (χ2v) is 5.24. The van der Waals surface area contributed by atoms with Crippen LogP contribution in [-0.2, 0) is 0 Å². The number of nitrogens with zero attached hydrogens (tertiary/aromatic N) is 4. The highest BCUT2D eigenvalue weighted by Crippen LogP contribution is 2.11. The number of carbonyl (C=O) groups is 1. The van der Waals surface area contributed by atoms with Gasteiger partial charge in [0, 0.05) is 30.5 Å². The molecule has 0 aromatic carbocycles. The van der Waals surface area contributed by atoms with Gasteiger partial charge >= 0.3 is 0 Å². The molecule has 2 rings (SSSR count). The van der Waals surface area contributed by atoms with Crippen molar-refractivity contribution < 1.29 is 9.90 Å². The van der Waals surface area contributed by atoms with E-state index in [1.54, 1.807) is 12.3 Å². The third-order valence-electron chi connectivity index (χ3n) is 2.79. The summed E-state index contributed by atoms with van der Waals surface area (Å²) in [7, 11) is 0. The van der Waals surface area contributed by atoms with Gasteiger partial charge in [-0.2, -0.15) is 4.98 Å². The molecule has 0 spiro atoms. The predicted octanol–water partition coefficient (Wildman–Crippen LogP) is 0.181. The number of fused-ring (bicyclic) bond motifs is 1. The number of nitrogens with one attached hydrogen (secondary N) is 1. The first-order chi connectivity index (χ1) is 8.93. The average molecular weight is 263 g/mol. The van der Waals surface area contributed by atoms with Crippen LogP contribution in [0, 0.1) is 12.3 Å². The molecule has 2 aromatic heterocycles. The van der Waals surface area contributed by atoms with Crippen LogP contribution < -0.4 is 5.32 Å². The van der Waals surface area contributed by atoms with E-state index in [9.17, 15) is 4.79 Å². The summed E-state index contributed by atoms with van der Waals surface area (Å²) in [5, 5.41) is 15.9. The van der Waals surface area contributed by atoms with Gasteiger partial charge < -0.3 is 10.4 Å². The molecular weight excluding hydrogens is 246 g/mol. The number of aromatic nitrogens is 4. The maximum absolute atomic E-state index is 11.9. The van der Waals surface area contributed by atoms with Crippen LogP contribution in [0.15, 0.2) is 12.3 Å². The molecular formula is C12H17N5O2. The number of rotatable bonds is 4. The van der Waals surface area contributed by atoms with E-state index in [2.05, 4.69) is 20.4 Å². The van der Waals surface area contributed by atoms with Crippen molar-refractivity contribution in [3.63, 3.8) is 0 Å². The zero-order valence-electron chi connectivity index (χ0n) is 11.2. The van der Waals surface area contributed by atoms with E-state index in [1.165, 1.54) is 4.52 Å². The summed E-state index contributed by atoms with van der Waals surface area (Å²) in [6.07, 6.45) is 1.62. The average Bonchev–Trinajstić information content (AvgIpc) is 2.81. The van der Waals surface area contributed by atoms with Crippen LogP contribution in [0.2, 0.25) is 0 Å². The highest BCUT2D eigenvalue weighted by molar-refractivity contribution is 5.90. The van der Waals surface area contributed by atoms with Crippen LogP contribution in [0.25, 0.3) is 5.78 Å². The predicted molar refractivity (Wildman–Crippen MR) is 68.7 cm³/mol. The van der Waals surface area contributed by atoms with Crippen LogP contribution in [0.4, 0.5) is 0 Å². The number of hydrogen-bond acceptors (Lipinski definition) is 5. The fourth-order valence-electron chi connectivity index (χ4n) is 1.46. The lowest BCUT2D eigenvalue weighted by Gasteiger charge is -2.21. The first-order valence-electron chi connectivity index (χ1n) is 6.00. The molecule has 0 fully saturated rings. The van der Waals surface area contributed by atoms with E-state index in [-0.39, 0.29) is 23.8 Å². The molecule has 0 saturated heterocycles. The van der Waals surface area contributed by atoms with Gasteiger partial charge in [-0.25, -0.2) is 9.50 Å². The summed E-state index contributed by atoms with van der Waals surface area (Å²) in [4.78, 5) is 20.0. The Morgan fingerprint density at radius 1 is 1.53 bits per heavy atom. The maximum atomic E-state index is 11.9. The highest BCUT2D eigenvalue weighted by Gasteiger charge is 2.20. The van der Waals surface area contributed by atoms with Crippen LogP contribution in [0.5, 0.6) is 0 Å². The van der Waals surface area contributed by atoms with E-state index in [1.807, 2.05) is 20.8 Å². The van der Waals surface area contributed by atoms with E-state index in [0.29, 0.717) is 12.3 Å². The van der Waals surface area contributed by atoms with E-state index < -0.39 is 0 Å². The molecule has 0 atom stereocenters. The zero-order valence-corrected chi connectivity index (χ0v) is 11.2. The number of aryl methyl sites for hydroxylation is 1. The lowest BCUT2D eigenvalue weighted by molar-refractivity contribution is 0.0901. The Hall–Kier alpha value is -2.02. The topological polar surface area (TPSA) is 92.4 Å². The first-order valence-corrected chi connectivity index (χ1v) is 6.00. The molecule has 0 radical (unpaired) electrons. The van der Waals surface area contributed by atoms with Gasteiger partial charge in [0.25, 0.3) is 11.7 Å². The van der Waals surface area contributed by atoms with Gasteiger partial charge in [-0.15, -0.1) is 5.10 Å². The van der Waals surface area contributed by atoms with Gasteiger partial charge in [0.1, 0.15) is 0 Å². The zero-order chi connectivity index (χ0) is 14.0. The normalized spacial score (nSPS) is 11.8. The number of aliphatic hydroxyl groups excluding tert-OH is 1. The molecule has 0 saturated carbocycles. The summed E-state index contributed by atoms with van der Waals surface area (Å²) in [5.74, 6) is 0.105. The Morgan fingerprint density at radius 2 is 2.26 bits per heavy atom. The fraction of sp³-hybridized carbons (Fsp3) is 0.500. The van der Waals surface area contributed by atoms with Gasteiger partial charge in [0.2, 0.25) is 5.82 Å². The van der Waals surface area contributed by atoms with E-state index in [0.717, 1.165) is 5.69 Å². The molecule has 2 heterocycles. The smallest absolute Gasteiger partial charge is 0.291 e. The summed E-state index contributed by atoms with van der Waals surface area (Å²) in [6.45, 7) is 5.92. The van der Waals surface area contributed by atoms with Crippen molar-refractivity contribution >= 4 is 11.7 Å². The molecule has 0 aliphatic heterocycles. The third kappa shape index (κ3) is 2.87. The van der Waals surface area contributed by atoms with Crippen LogP contribution in [0.1, 0.15) is 30.2 Å². The van der Waals surface area contributed by atoms with Gasteiger partial charge in [-0.05, 0) is 13.0 Å². The number of carbonyl (C=O) groups excluding carboxylic acids is 1. The van der Waals surface area contributed by atoms with Gasteiger partial charge in [-0.3, -0.25) is 4.79 Å². The molecule has 102 valence electrons. The maximum Gasteiger partial charge on any atom is 0.291 e. The molecule has 0 aliphatic rings. The first kappa shape index (κ1) is 13.4. The molecule has 0 unspecified atom stereocenters. The Bertz CT molecular complexity index is 605. The minimum absolute atomic E-state index is 0.00740. The van der Waals surface area contributed by atoms with Crippen molar-refractivity contribution in [2.24, 2.45) is 5.41 Å². The number of aliphatic hydroxyl groups is 1. The number of hydrogen-bond donors (Lipinski definition) is 2. The summed E-state index contributed by atoms with van der Waals surface area (Å²) in [6, 6.07) is 1.79. The SMILES string of the molecule is Cc1ccnc2nc(C(=O)NCC(C)(C)CO)nn12. The summed E-state index contributed by atoms with van der Waals surface area (Å²) in [5.41, 5.74) is 0.482. The van der Waals surface area contributed by atoms with Crippen molar-refractivity contribution in [2.75, 3.05) is 13.2 Å². The monoisotopic (exact) mass is 263 g/mol. The second-order valence-electron chi connectivity index (χ2n) is 5.24. The van der Waals surface area contributed by atoms with Gasteiger partial charge in [0.05, 0.1) is 0 Å². The third-order valence-corrected chi connectivity index (χ3v) is 2.79. The van der Waals surface area contributed by atoms with Crippen molar-refractivity contribution in [2.45, 2.75) is 20.8 Å². The molecule has 0 bridgehead atoms. The van der Waals surface area contributed by atoms with Gasteiger partial charge in [-0.1, -0.05) is 13.8 Å². The standard InChI is InChI=1S/C12H17N5O2/c1-8-4-5-13-11-15-9(16-17(8)11)10(19)14-6-12(2,3)7-18/h4-5,18H,6-7H2,1-3H3,(H,14,19). The van der Waals surface area contributed by atoms with E-state index >= 15 is 0 Å². The highest BCUT2D eigenvalue weighted by atomic mass is 16.3. The Morgan fingerprint density at radius 3 is 2.89 bits per heavy atom. The van der Waals surface area contributed by atoms with Crippen molar-refractivity contribution in [3.05, 3.63) is 23.8 Å². The molecule has 2 N–H and O–H groups in total. The Labute approximate surface area is 110 Å².